The molecule has 4 heteroatoms. The van der Waals surface area contributed by atoms with Gasteiger partial charge in [0.1, 0.15) is 0 Å². The van der Waals surface area contributed by atoms with E-state index in [1.807, 2.05) is 6.92 Å². The minimum absolute atomic E-state index is 0.0617. The van der Waals surface area contributed by atoms with Crippen molar-refractivity contribution in [2.75, 3.05) is 14.1 Å². The van der Waals surface area contributed by atoms with Gasteiger partial charge in [0.25, 0.3) is 0 Å². The number of rotatable bonds is 4. The standard InChI is InChI=1S/C9H15N3O/c1-4-5-6-8(13)9(11-7-10)12(2)3/h4-6H2,1-3H3/b11-9-. The lowest BCUT2D eigenvalue weighted by molar-refractivity contribution is -0.113. The summed E-state index contributed by atoms with van der Waals surface area (Å²) in [6.45, 7) is 2.02. The fraction of sp³-hybridized carbons (Fsp3) is 0.667. The van der Waals surface area contributed by atoms with Crippen LogP contribution in [0.3, 0.4) is 0 Å². The van der Waals surface area contributed by atoms with Crippen LogP contribution in [-0.4, -0.2) is 30.6 Å². The highest BCUT2D eigenvalue weighted by Gasteiger charge is 2.12. The molecule has 0 aliphatic rings. The van der Waals surface area contributed by atoms with Gasteiger partial charge in [-0.3, -0.25) is 4.79 Å². The first-order chi connectivity index (χ1) is 6.13. The Morgan fingerprint density at radius 1 is 1.54 bits per heavy atom. The number of likely N-dealkylation sites (N-methyl/N-ethyl adjacent to an activating group) is 1. The van der Waals surface area contributed by atoms with Crippen molar-refractivity contribution in [3.63, 3.8) is 0 Å². The lowest BCUT2D eigenvalue weighted by Crippen LogP contribution is -2.29. The molecule has 0 radical (unpaired) electrons. The summed E-state index contributed by atoms with van der Waals surface area (Å²) in [5, 5.41) is 8.34. The van der Waals surface area contributed by atoms with Gasteiger partial charge in [0.05, 0.1) is 0 Å². The quantitative estimate of drug-likeness (QED) is 0.372. The van der Waals surface area contributed by atoms with Gasteiger partial charge >= 0.3 is 0 Å². The van der Waals surface area contributed by atoms with Crippen LogP contribution in [-0.2, 0) is 4.79 Å². The largest absolute Gasteiger partial charge is 0.359 e. The molecule has 4 nitrogen and oxygen atoms in total. The number of carbonyl (C=O) groups excluding carboxylic acids is 1. The topological polar surface area (TPSA) is 56.5 Å². The van der Waals surface area contributed by atoms with Gasteiger partial charge in [-0.15, -0.1) is 0 Å². The molecule has 0 aromatic rings. The van der Waals surface area contributed by atoms with E-state index in [-0.39, 0.29) is 11.6 Å². The smallest absolute Gasteiger partial charge is 0.207 e. The third-order valence-corrected chi connectivity index (χ3v) is 1.59. The molecule has 0 bridgehead atoms. The van der Waals surface area contributed by atoms with Gasteiger partial charge in [0, 0.05) is 20.5 Å². The van der Waals surface area contributed by atoms with Crippen molar-refractivity contribution in [3.8, 4) is 6.19 Å². The van der Waals surface area contributed by atoms with Gasteiger partial charge < -0.3 is 4.90 Å². The maximum atomic E-state index is 11.4. The van der Waals surface area contributed by atoms with Crippen LogP contribution in [0.1, 0.15) is 26.2 Å². The summed E-state index contributed by atoms with van der Waals surface area (Å²) in [5.41, 5.74) is 0. The van der Waals surface area contributed by atoms with Crippen LogP contribution < -0.4 is 0 Å². The second kappa shape index (κ2) is 6.18. The van der Waals surface area contributed by atoms with E-state index in [9.17, 15) is 4.79 Å². The number of hydrogen-bond donors (Lipinski definition) is 0. The summed E-state index contributed by atoms with van der Waals surface area (Å²) in [7, 11) is 3.42. The first-order valence-electron chi connectivity index (χ1n) is 4.30. The molecule has 0 aromatic heterocycles. The molecule has 0 atom stereocenters. The summed E-state index contributed by atoms with van der Waals surface area (Å²) in [6, 6.07) is 0. The Labute approximate surface area is 78.9 Å². The lowest BCUT2D eigenvalue weighted by Gasteiger charge is -2.12. The molecule has 0 aromatic carbocycles. The van der Waals surface area contributed by atoms with E-state index in [1.54, 1.807) is 25.2 Å². The van der Waals surface area contributed by atoms with E-state index in [1.165, 1.54) is 0 Å². The molecule has 72 valence electrons. The van der Waals surface area contributed by atoms with Crippen molar-refractivity contribution < 1.29 is 4.79 Å². The number of hydrogen-bond acceptors (Lipinski definition) is 3. The number of nitrogens with zero attached hydrogens (tertiary/aromatic N) is 3. The highest BCUT2D eigenvalue weighted by atomic mass is 16.1. The Kier molecular flexibility index (Phi) is 5.53. The molecule has 0 unspecified atom stereocenters. The molecular formula is C9H15N3O. The number of nitriles is 1. The predicted molar refractivity (Wildman–Crippen MR) is 51.3 cm³/mol. The molecule has 0 heterocycles. The molecule has 0 spiro atoms. The highest BCUT2D eigenvalue weighted by molar-refractivity contribution is 6.38. The van der Waals surface area contributed by atoms with Crippen LogP contribution in [0, 0.1) is 11.5 Å². The molecule has 0 aliphatic carbocycles. The van der Waals surface area contributed by atoms with Gasteiger partial charge in [-0.25, -0.2) is 0 Å². The molecule has 13 heavy (non-hydrogen) atoms. The van der Waals surface area contributed by atoms with Crippen LogP contribution in [0.25, 0.3) is 0 Å². The zero-order chi connectivity index (χ0) is 10.3. The molecule has 0 aliphatic heterocycles. The molecule has 0 amide bonds. The third-order valence-electron chi connectivity index (χ3n) is 1.59. The second-order valence-electron chi connectivity index (χ2n) is 2.96. The monoisotopic (exact) mass is 181 g/mol. The maximum absolute atomic E-state index is 11.4. The van der Waals surface area contributed by atoms with Crippen LogP contribution in [0.5, 0.6) is 0 Å². The molecule has 0 N–H and O–H groups in total. The fourth-order valence-corrected chi connectivity index (χ4v) is 0.908. The number of Topliss-reactive ketones (excluding diaryl/α,β-unsaturated/α-hetero) is 1. The second-order valence-corrected chi connectivity index (χ2v) is 2.96. The summed E-state index contributed by atoms with van der Waals surface area (Å²) >= 11 is 0. The van der Waals surface area contributed by atoms with E-state index >= 15 is 0 Å². The van der Waals surface area contributed by atoms with Crippen LogP contribution in [0.4, 0.5) is 0 Å². The third kappa shape index (κ3) is 4.26. The summed E-state index contributed by atoms with van der Waals surface area (Å²) in [4.78, 5) is 16.5. The average Bonchev–Trinajstić information content (AvgIpc) is 2.09. The Balaban J connectivity index is 4.32. The van der Waals surface area contributed by atoms with Gasteiger partial charge in [-0.05, 0) is 6.42 Å². The predicted octanol–water partition coefficient (Wildman–Crippen LogP) is 1.19. The van der Waals surface area contributed by atoms with Crippen LogP contribution in [0.2, 0.25) is 0 Å². The Morgan fingerprint density at radius 2 is 2.15 bits per heavy atom. The first kappa shape index (κ1) is 11.6. The zero-order valence-electron chi connectivity index (χ0n) is 8.37. The van der Waals surface area contributed by atoms with Gasteiger partial charge in [0.15, 0.2) is 11.6 Å². The van der Waals surface area contributed by atoms with Gasteiger partial charge in [-0.1, -0.05) is 13.3 Å². The van der Waals surface area contributed by atoms with E-state index < -0.39 is 0 Å². The SMILES string of the molecule is CCCCC(=O)/C(=N/C#N)N(C)C. The number of aliphatic imine (C=N–C) groups is 1. The minimum Gasteiger partial charge on any atom is -0.359 e. The van der Waals surface area contributed by atoms with E-state index in [0.29, 0.717) is 6.42 Å². The van der Waals surface area contributed by atoms with Crippen molar-refractivity contribution in [2.24, 2.45) is 4.99 Å². The first-order valence-corrected chi connectivity index (χ1v) is 4.30. The van der Waals surface area contributed by atoms with E-state index in [2.05, 4.69) is 4.99 Å². The molecule has 0 saturated carbocycles. The zero-order valence-corrected chi connectivity index (χ0v) is 8.37. The van der Waals surface area contributed by atoms with Crippen molar-refractivity contribution in [1.29, 1.82) is 5.26 Å². The molecular weight excluding hydrogens is 166 g/mol. The van der Waals surface area contributed by atoms with Crippen molar-refractivity contribution in [2.45, 2.75) is 26.2 Å². The fourth-order valence-electron chi connectivity index (χ4n) is 0.908. The van der Waals surface area contributed by atoms with Crippen LogP contribution >= 0.6 is 0 Å². The minimum atomic E-state index is -0.0617. The summed E-state index contributed by atoms with van der Waals surface area (Å²) < 4.78 is 0. The molecule has 0 saturated heterocycles. The van der Waals surface area contributed by atoms with Crippen molar-refractivity contribution in [1.82, 2.24) is 4.90 Å². The highest BCUT2D eigenvalue weighted by Crippen LogP contribution is 1.98. The summed E-state index contributed by atoms with van der Waals surface area (Å²) in [6.07, 6.45) is 3.91. The Bertz CT molecular complexity index is 238. The normalized spacial score (nSPS) is 10.8. The van der Waals surface area contributed by atoms with Crippen LogP contribution in [0.15, 0.2) is 4.99 Å². The summed E-state index contributed by atoms with van der Waals surface area (Å²) in [5.74, 6) is 0.185. The molecule has 0 rings (SSSR count). The number of amidine groups is 1. The average molecular weight is 181 g/mol. The van der Waals surface area contributed by atoms with Crippen molar-refractivity contribution >= 4 is 11.6 Å². The van der Waals surface area contributed by atoms with Gasteiger partial charge in [-0.2, -0.15) is 10.3 Å². The van der Waals surface area contributed by atoms with Crippen molar-refractivity contribution in [3.05, 3.63) is 0 Å². The van der Waals surface area contributed by atoms with E-state index in [0.717, 1.165) is 12.8 Å². The lowest BCUT2D eigenvalue weighted by atomic mass is 10.1. The van der Waals surface area contributed by atoms with E-state index in [4.69, 9.17) is 5.26 Å². The number of unbranched alkanes of at least 4 members (excludes halogenated alkanes) is 1. The molecule has 0 fully saturated rings. The number of ketones is 1. The number of carbonyl (C=O) groups is 1. The Morgan fingerprint density at radius 3 is 2.54 bits per heavy atom. The van der Waals surface area contributed by atoms with Gasteiger partial charge in [0.2, 0.25) is 6.19 Å². The maximum Gasteiger partial charge on any atom is 0.207 e. The Hall–Kier alpha value is -1.37.